The van der Waals surface area contributed by atoms with Crippen LogP contribution in [0.2, 0.25) is 0 Å². The molecule has 8 nitrogen and oxygen atoms in total. The first-order chi connectivity index (χ1) is 14.5. The van der Waals surface area contributed by atoms with Gasteiger partial charge in [0, 0.05) is 25.9 Å². The summed E-state index contributed by atoms with van der Waals surface area (Å²) >= 11 is 0. The molecule has 0 unspecified atom stereocenters. The van der Waals surface area contributed by atoms with Gasteiger partial charge < -0.3 is 9.88 Å². The number of hydrogen-bond donors (Lipinski definition) is 2. The van der Waals surface area contributed by atoms with Crippen molar-refractivity contribution in [1.29, 1.82) is 0 Å². The van der Waals surface area contributed by atoms with Gasteiger partial charge in [0.1, 0.15) is 5.82 Å². The molecule has 1 aliphatic rings. The lowest BCUT2D eigenvalue weighted by Crippen LogP contribution is -2.31. The summed E-state index contributed by atoms with van der Waals surface area (Å²) in [7, 11) is -3.68. The number of fused-ring (bicyclic) bond motifs is 2. The summed E-state index contributed by atoms with van der Waals surface area (Å²) < 4.78 is 29.6. The normalized spacial score (nSPS) is 14.3. The second-order valence-corrected chi connectivity index (χ2v) is 9.20. The van der Waals surface area contributed by atoms with Crippen molar-refractivity contribution in [3.63, 3.8) is 0 Å². The number of nitrogens with zero attached hydrogens (tertiary/aromatic N) is 3. The molecule has 0 atom stereocenters. The van der Waals surface area contributed by atoms with Crippen molar-refractivity contribution >= 4 is 26.7 Å². The Morgan fingerprint density at radius 1 is 1.03 bits per heavy atom. The fourth-order valence-electron chi connectivity index (χ4n) is 3.66. The third-order valence-corrected chi connectivity index (χ3v) is 6.76. The Hall–Kier alpha value is -2.78. The highest BCUT2D eigenvalue weighted by Gasteiger charge is 2.17. The Morgan fingerprint density at radius 3 is 2.73 bits per heavy atom. The van der Waals surface area contributed by atoms with Gasteiger partial charge in [0.15, 0.2) is 5.82 Å². The molecule has 0 radical (unpaired) electrons. The molecular formula is C21H25N5O3S. The number of aryl methyl sites for hydroxylation is 1. The van der Waals surface area contributed by atoms with E-state index < -0.39 is 10.0 Å². The molecule has 1 aromatic heterocycles. The summed E-state index contributed by atoms with van der Waals surface area (Å²) in [4.78, 5) is 12.4. The van der Waals surface area contributed by atoms with Gasteiger partial charge in [-0.25, -0.2) is 13.1 Å². The Labute approximate surface area is 175 Å². The zero-order valence-corrected chi connectivity index (χ0v) is 17.5. The van der Waals surface area contributed by atoms with Crippen LogP contribution in [-0.4, -0.2) is 35.6 Å². The van der Waals surface area contributed by atoms with Crippen LogP contribution in [0.15, 0.2) is 47.4 Å². The van der Waals surface area contributed by atoms with Crippen molar-refractivity contribution in [3.8, 4) is 0 Å². The SMILES string of the molecule is O=C(CCNS(=O)(=O)c1ccc2ccccc2c1)NCc1nnc2n1CCCCC2. The highest BCUT2D eigenvalue weighted by atomic mass is 32.2. The summed E-state index contributed by atoms with van der Waals surface area (Å²) in [6.07, 6.45) is 4.34. The molecule has 0 saturated carbocycles. The molecule has 2 heterocycles. The van der Waals surface area contributed by atoms with Crippen LogP contribution in [-0.2, 0) is 34.3 Å². The van der Waals surface area contributed by atoms with Crippen LogP contribution in [0.1, 0.15) is 37.3 Å². The summed E-state index contributed by atoms with van der Waals surface area (Å²) in [5, 5.41) is 13.0. The predicted octanol–water partition coefficient (Wildman–Crippen LogP) is 2.14. The van der Waals surface area contributed by atoms with Crippen molar-refractivity contribution in [2.45, 2.75) is 50.1 Å². The number of carbonyl (C=O) groups is 1. The molecule has 2 N–H and O–H groups in total. The molecule has 4 rings (SSSR count). The quantitative estimate of drug-likeness (QED) is 0.601. The zero-order chi connectivity index (χ0) is 21.0. The second-order valence-electron chi connectivity index (χ2n) is 7.43. The molecule has 0 saturated heterocycles. The highest BCUT2D eigenvalue weighted by molar-refractivity contribution is 7.89. The lowest BCUT2D eigenvalue weighted by atomic mass is 10.1. The van der Waals surface area contributed by atoms with Crippen molar-refractivity contribution in [1.82, 2.24) is 24.8 Å². The van der Waals surface area contributed by atoms with Crippen LogP contribution >= 0.6 is 0 Å². The van der Waals surface area contributed by atoms with Crippen LogP contribution < -0.4 is 10.0 Å². The number of sulfonamides is 1. The van der Waals surface area contributed by atoms with Crippen LogP contribution in [0.25, 0.3) is 10.8 Å². The minimum absolute atomic E-state index is 0.0267. The standard InChI is InChI=1S/C21H25N5O3S/c27-21(22-15-20-25-24-19-8-2-1-5-13-26(19)20)11-12-23-30(28,29)18-10-9-16-6-3-4-7-17(16)14-18/h3-4,6-7,9-10,14,23H,1-2,5,8,11-13,15H2,(H,22,27). The first-order valence-electron chi connectivity index (χ1n) is 10.2. The maximum Gasteiger partial charge on any atom is 0.240 e. The number of nitrogens with one attached hydrogen (secondary N) is 2. The lowest BCUT2D eigenvalue weighted by Gasteiger charge is -2.09. The van der Waals surface area contributed by atoms with E-state index >= 15 is 0 Å². The summed E-state index contributed by atoms with van der Waals surface area (Å²) in [6.45, 7) is 1.20. The summed E-state index contributed by atoms with van der Waals surface area (Å²) in [5.74, 6) is 1.49. The van der Waals surface area contributed by atoms with Gasteiger partial charge in [0.25, 0.3) is 0 Å². The van der Waals surface area contributed by atoms with E-state index in [1.165, 1.54) is 6.42 Å². The first kappa shape index (κ1) is 20.5. The molecule has 1 aliphatic heterocycles. The molecule has 0 bridgehead atoms. The van der Waals surface area contributed by atoms with Gasteiger partial charge in [-0.1, -0.05) is 36.8 Å². The molecule has 9 heteroatoms. The Kier molecular flexibility index (Phi) is 6.10. The van der Waals surface area contributed by atoms with E-state index in [4.69, 9.17) is 0 Å². The number of carbonyl (C=O) groups excluding carboxylic acids is 1. The van der Waals surface area contributed by atoms with Gasteiger partial charge in [0.05, 0.1) is 11.4 Å². The third kappa shape index (κ3) is 4.68. The van der Waals surface area contributed by atoms with Gasteiger partial charge in [-0.15, -0.1) is 10.2 Å². The Balaban J connectivity index is 1.29. The summed E-state index contributed by atoms with van der Waals surface area (Å²) in [6, 6.07) is 12.5. The number of aromatic nitrogens is 3. The van der Waals surface area contributed by atoms with Crippen LogP contribution in [0.3, 0.4) is 0 Å². The maximum absolute atomic E-state index is 12.5. The molecular weight excluding hydrogens is 402 g/mol. The van der Waals surface area contributed by atoms with E-state index in [2.05, 4.69) is 24.8 Å². The van der Waals surface area contributed by atoms with E-state index in [0.717, 1.165) is 48.2 Å². The third-order valence-electron chi connectivity index (χ3n) is 5.31. The zero-order valence-electron chi connectivity index (χ0n) is 16.7. The predicted molar refractivity (Wildman–Crippen MR) is 113 cm³/mol. The van der Waals surface area contributed by atoms with E-state index in [-0.39, 0.29) is 23.8 Å². The van der Waals surface area contributed by atoms with Gasteiger partial charge >= 0.3 is 0 Å². The second kappa shape index (κ2) is 8.93. The van der Waals surface area contributed by atoms with Crippen LogP contribution in [0, 0.1) is 0 Å². The van der Waals surface area contributed by atoms with Crippen molar-refractivity contribution in [2.75, 3.05) is 6.54 Å². The number of amides is 1. The largest absolute Gasteiger partial charge is 0.349 e. The van der Waals surface area contributed by atoms with Gasteiger partial charge in [-0.2, -0.15) is 0 Å². The Morgan fingerprint density at radius 2 is 1.87 bits per heavy atom. The fourth-order valence-corrected chi connectivity index (χ4v) is 4.73. The minimum atomic E-state index is -3.68. The molecule has 2 aromatic carbocycles. The van der Waals surface area contributed by atoms with Gasteiger partial charge in [-0.3, -0.25) is 4.79 Å². The minimum Gasteiger partial charge on any atom is -0.349 e. The topological polar surface area (TPSA) is 106 Å². The number of hydrogen-bond acceptors (Lipinski definition) is 5. The molecule has 158 valence electrons. The molecule has 0 spiro atoms. The fraction of sp³-hybridized carbons (Fsp3) is 0.381. The molecule has 0 fully saturated rings. The Bertz CT molecular complexity index is 1160. The van der Waals surface area contributed by atoms with E-state index in [1.807, 2.05) is 24.3 Å². The lowest BCUT2D eigenvalue weighted by molar-refractivity contribution is -0.121. The number of rotatable bonds is 7. The molecule has 3 aromatic rings. The smallest absolute Gasteiger partial charge is 0.240 e. The molecule has 30 heavy (non-hydrogen) atoms. The molecule has 1 amide bonds. The monoisotopic (exact) mass is 427 g/mol. The van der Waals surface area contributed by atoms with E-state index in [0.29, 0.717) is 6.54 Å². The first-order valence-corrected chi connectivity index (χ1v) is 11.7. The van der Waals surface area contributed by atoms with Gasteiger partial charge in [-0.05, 0) is 35.7 Å². The average Bonchev–Trinajstić information content (AvgIpc) is 2.97. The van der Waals surface area contributed by atoms with Crippen molar-refractivity contribution in [3.05, 3.63) is 54.1 Å². The number of benzene rings is 2. The van der Waals surface area contributed by atoms with Crippen molar-refractivity contribution < 1.29 is 13.2 Å². The summed E-state index contributed by atoms with van der Waals surface area (Å²) in [5.41, 5.74) is 0. The van der Waals surface area contributed by atoms with E-state index in [9.17, 15) is 13.2 Å². The molecule has 0 aliphatic carbocycles. The van der Waals surface area contributed by atoms with E-state index in [1.54, 1.807) is 18.2 Å². The maximum atomic E-state index is 12.5. The van der Waals surface area contributed by atoms with Gasteiger partial charge in [0.2, 0.25) is 15.9 Å². The van der Waals surface area contributed by atoms with Crippen molar-refractivity contribution in [2.24, 2.45) is 0 Å². The average molecular weight is 428 g/mol. The van der Waals surface area contributed by atoms with Crippen LogP contribution in [0.5, 0.6) is 0 Å². The van der Waals surface area contributed by atoms with Crippen LogP contribution in [0.4, 0.5) is 0 Å². The highest BCUT2D eigenvalue weighted by Crippen LogP contribution is 2.19.